The molecule has 0 amide bonds. The molecule has 0 aliphatic carbocycles. The minimum Gasteiger partial charge on any atom is -0.465 e. The number of anilines is 2. The van der Waals surface area contributed by atoms with Crippen molar-refractivity contribution in [3.05, 3.63) is 59.2 Å². The van der Waals surface area contributed by atoms with Crippen LogP contribution in [-0.4, -0.2) is 37.8 Å². The molecule has 0 aromatic heterocycles. The molecule has 3 rings (SSSR count). The Kier molecular flexibility index (Phi) is 6.87. The van der Waals surface area contributed by atoms with Crippen molar-refractivity contribution in [2.45, 2.75) is 26.2 Å². The molecule has 0 fully saturated rings. The Morgan fingerprint density at radius 1 is 1.25 bits per heavy atom. The predicted octanol–water partition coefficient (Wildman–Crippen LogP) is 3.91. The maximum atomic E-state index is 11.7. The third-order valence-electron chi connectivity index (χ3n) is 5.00. The number of esters is 1. The number of benzene rings is 2. The molecule has 1 aliphatic rings. The summed E-state index contributed by atoms with van der Waals surface area (Å²) in [6, 6.07) is 14.1. The van der Waals surface area contributed by atoms with Crippen LogP contribution in [0.4, 0.5) is 11.4 Å². The van der Waals surface area contributed by atoms with Crippen LogP contribution in [0.5, 0.6) is 0 Å². The quantitative estimate of drug-likeness (QED) is 0.438. The molecular weight excluding hydrogens is 370 g/mol. The average Bonchev–Trinajstić information content (AvgIpc) is 2.72. The van der Waals surface area contributed by atoms with Gasteiger partial charge in [-0.2, -0.15) is 0 Å². The Morgan fingerprint density at radius 3 is 2.89 bits per heavy atom. The second-order valence-corrected chi connectivity index (χ2v) is 7.38. The van der Waals surface area contributed by atoms with E-state index in [1.807, 2.05) is 13.0 Å². The van der Waals surface area contributed by atoms with Crippen LogP contribution in [0.3, 0.4) is 0 Å². The molecule has 0 atom stereocenters. The Morgan fingerprint density at radius 2 is 2.07 bits per heavy atom. The predicted molar refractivity (Wildman–Crippen MR) is 118 cm³/mol. The maximum Gasteiger partial charge on any atom is 0.337 e. The molecule has 5 nitrogen and oxygen atoms in total. The summed E-state index contributed by atoms with van der Waals surface area (Å²) in [5.74, 6) is -0.358. The van der Waals surface area contributed by atoms with Crippen molar-refractivity contribution in [3.63, 3.8) is 0 Å². The van der Waals surface area contributed by atoms with Gasteiger partial charge in [0.25, 0.3) is 0 Å². The number of rotatable bonds is 6. The largest absolute Gasteiger partial charge is 0.465 e. The molecule has 0 spiro atoms. The van der Waals surface area contributed by atoms with Crippen LogP contribution < -0.4 is 15.5 Å². The minimum atomic E-state index is -0.358. The van der Waals surface area contributed by atoms with Gasteiger partial charge in [0.2, 0.25) is 0 Å². The van der Waals surface area contributed by atoms with E-state index in [0.29, 0.717) is 10.7 Å². The van der Waals surface area contributed by atoms with E-state index in [2.05, 4.69) is 39.8 Å². The normalized spacial score (nSPS) is 12.9. The number of carbonyl (C=O) groups excluding carboxylic acids is 1. The summed E-state index contributed by atoms with van der Waals surface area (Å²) >= 11 is 5.41. The zero-order chi connectivity index (χ0) is 19.9. The number of hydrogen-bond acceptors (Lipinski definition) is 4. The first kappa shape index (κ1) is 20.1. The molecule has 1 aliphatic heterocycles. The van der Waals surface area contributed by atoms with Crippen molar-refractivity contribution in [1.82, 2.24) is 5.32 Å². The van der Waals surface area contributed by atoms with Crippen LogP contribution in [0.15, 0.2) is 42.5 Å². The molecule has 2 aromatic carbocycles. The molecule has 0 saturated carbocycles. The minimum absolute atomic E-state index is 0.358. The van der Waals surface area contributed by atoms with Gasteiger partial charge in [0.1, 0.15) is 0 Å². The van der Waals surface area contributed by atoms with E-state index in [0.717, 1.165) is 37.3 Å². The number of hydrogen-bond donors (Lipinski definition) is 2. The van der Waals surface area contributed by atoms with Gasteiger partial charge >= 0.3 is 5.97 Å². The fraction of sp³-hybridized carbons (Fsp3) is 0.364. The molecule has 148 valence electrons. The van der Waals surface area contributed by atoms with Crippen molar-refractivity contribution in [1.29, 1.82) is 0 Å². The zero-order valence-electron chi connectivity index (χ0n) is 16.5. The lowest BCUT2D eigenvalue weighted by Gasteiger charge is -2.31. The molecule has 1 heterocycles. The van der Waals surface area contributed by atoms with Crippen LogP contribution in [0.1, 0.15) is 34.3 Å². The summed E-state index contributed by atoms with van der Waals surface area (Å²) in [5.41, 5.74) is 5.14. The molecular formula is C22H27N3O2S. The summed E-state index contributed by atoms with van der Waals surface area (Å²) in [4.78, 5) is 14.2. The number of fused-ring (bicyclic) bond motifs is 1. The fourth-order valence-electron chi connectivity index (χ4n) is 3.48. The Bertz CT molecular complexity index is 853. The lowest BCUT2D eigenvalue weighted by atomic mass is 10.0. The van der Waals surface area contributed by atoms with Gasteiger partial charge in [-0.1, -0.05) is 24.3 Å². The smallest absolute Gasteiger partial charge is 0.337 e. The third kappa shape index (κ3) is 5.01. The van der Waals surface area contributed by atoms with Gasteiger partial charge in [0, 0.05) is 31.0 Å². The van der Waals surface area contributed by atoms with E-state index in [1.165, 1.54) is 31.2 Å². The van der Waals surface area contributed by atoms with Crippen LogP contribution in [0.2, 0.25) is 0 Å². The van der Waals surface area contributed by atoms with E-state index >= 15 is 0 Å². The number of nitrogens with zero attached hydrogens (tertiary/aromatic N) is 1. The SMILES string of the molecule is COC(=O)c1ccc(C)c(NC(=S)NCCCN2CCCc3ccccc32)c1. The first-order chi connectivity index (χ1) is 13.6. The number of carbonyl (C=O) groups is 1. The van der Waals surface area contributed by atoms with Crippen molar-refractivity contribution in [2.75, 3.05) is 37.0 Å². The van der Waals surface area contributed by atoms with Crippen LogP contribution in [0, 0.1) is 6.92 Å². The number of para-hydroxylation sites is 1. The Labute approximate surface area is 172 Å². The van der Waals surface area contributed by atoms with Gasteiger partial charge in [0.05, 0.1) is 12.7 Å². The van der Waals surface area contributed by atoms with Gasteiger partial charge in [-0.25, -0.2) is 4.79 Å². The van der Waals surface area contributed by atoms with Crippen LogP contribution >= 0.6 is 12.2 Å². The molecule has 0 unspecified atom stereocenters. The van der Waals surface area contributed by atoms with Gasteiger partial charge in [-0.15, -0.1) is 0 Å². The maximum absolute atomic E-state index is 11.7. The van der Waals surface area contributed by atoms with E-state index in [-0.39, 0.29) is 5.97 Å². The molecule has 2 aromatic rings. The molecule has 0 bridgehead atoms. The standard InChI is InChI=1S/C22H27N3O2S/c1-16-10-11-18(21(26)27-2)15-19(16)24-22(28)23-12-6-14-25-13-5-8-17-7-3-4-9-20(17)25/h3-4,7,9-11,15H,5-6,8,12-14H2,1-2H3,(H2,23,24,28). The number of ether oxygens (including phenoxy) is 1. The number of methoxy groups -OCH3 is 1. The Balaban J connectivity index is 1.47. The van der Waals surface area contributed by atoms with Crippen molar-refractivity contribution >= 4 is 34.7 Å². The van der Waals surface area contributed by atoms with Crippen molar-refractivity contribution in [2.24, 2.45) is 0 Å². The summed E-state index contributed by atoms with van der Waals surface area (Å²) in [7, 11) is 1.38. The summed E-state index contributed by atoms with van der Waals surface area (Å²) in [6.07, 6.45) is 3.38. The number of nitrogens with one attached hydrogen (secondary N) is 2. The van der Waals surface area contributed by atoms with E-state index in [1.54, 1.807) is 12.1 Å². The highest BCUT2D eigenvalue weighted by molar-refractivity contribution is 7.80. The highest BCUT2D eigenvalue weighted by atomic mass is 32.1. The molecule has 28 heavy (non-hydrogen) atoms. The summed E-state index contributed by atoms with van der Waals surface area (Å²) < 4.78 is 4.78. The van der Waals surface area contributed by atoms with Gasteiger partial charge in [-0.05, 0) is 67.7 Å². The highest BCUT2D eigenvalue weighted by Gasteiger charge is 2.15. The average molecular weight is 398 g/mol. The lowest BCUT2D eigenvalue weighted by Crippen LogP contribution is -2.34. The number of thiocarbonyl (C=S) groups is 1. The molecule has 6 heteroatoms. The molecule has 0 radical (unpaired) electrons. The molecule has 0 saturated heterocycles. The first-order valence-corrected chi connectivity index (χ1v) is 10.1. The van der Waals surface area contributed by atoms with Crippen LogP contribution in [-0.2, 0) is 11.2 Å². The topological polar surface area (TPSA) is 53.6 Å². The van der Waals surface area contributed by atoms with Crippen molar-refractivity contribution < 1.29 is 9.53 Å². The summed E-state index contributed by atoms with van der Waals surface area (Å²) in [6.45, 7) is 4.88. The number of aryl methyl sites for hydroxylation is 2. The molecule has 2 N–H and O–H groups in total. The second kappa shape index (κ2) is 9.55. The summed E-state index contributed by atoms with van der Waals surface area (Å²) in [5, 5.41) is 7.00. The lowest BCUT2D eigenvalue weighted by molar-refractivity contribution is 0.0601. The Hall–Kier alpha value is -2.60. The van der Waals surface area contributed by atoms with Gasteiger partial charge in [0.15, 0.2) is 5.11 Å². The first-order valence-electron chi connectivity index (χ1n) is 9.65. The van der Waals surface area contributed by atoms with E-state index in [9.17, 15) is 4.79 Å². The van der Waals surface area contributed by atoms with Crippen molar-refractivity contribution in [3.8, 4) is 0 Å². The fourth-order valence-corrected chi connectivity index (χ4v) is 3.70. The van der Waals surface area contributed by atoms with Gasteiger partial charge < -0.3 is 20.3 Å². The monoisotopic (exact) mass is 397 g/mol. The second-order valence-electron chi connectivity index (χ2n) is 6.98. The van der Waals surface area contributed by atoms with Crippen LogP contribution in [0.25, 0.3) is 0 Å². The third-order valence-corrected chi connectivity index (χ3v) is 5.25. The van der Waals surface area contributed by atoms with E-state index in [4.69, 9.17) is 17.0 Å². The van der Waals surface area contributed by atoms with E-state index < -0.39 is 0 Å². The van der Waals surface area contributed by atoms with Gasteiger partial charge in [-0.3, -0.25) is 0 Å². The zero-order valence-corrected chi connectivity index (χ0v) is 17.3. The highest BCUT2D eigenvalue weighted by Crippen LogP contribution is 2.26.